The second kappa shape index (κ2) is 8.05. The first kappa shape index (κ1) is 19.2. The van der Waals surface area contributed by atoms with E-state index in [-0.39, 0.29) is 30.2 Å². The van der Waals surface area contributed by atoms with E-state index >= 15 is 0 Å². The summed E-state index contributed by atoms with van der Waals surface area (Å²) in [5.41, 5.74) is 2.08. The van der Waals surface area contributed by atoms with Crippen molar-refractivity contribution in [3.05, 3.63) is 81.2 Å². The predicted molar refractivity (Wildman–Crippen MR) is 112 cm³/mol. The van der Waals surface area contributed by atoms with Gasteiger partial charge in [0.1, 0.15) is 24.5 Å². The highest BCUT2D eigenvalue weighted by atomic mass is 35.5. The van der Waals surface area contributed by atoms with Gasteiger partial charge >= 0.3 is 0 Å². The molecule has 0 saturated heterocycles. The average Bonchev–Trinajstić information content (AvgIpc) is 3.24. The smallest absolute Gasteiger partial charge is 0.235 e. The Bertz CT molecular complexity index is 1190. The molecule has 0 unspecified atom stereocenters. The molecule has 6 heteroatoms. The fourth-order valence-electron chi connectivity index (χ4n) is 2.94. The lowest BCUT2D eigenvalue weighted by Gasteiger charge is -2.12. The lowest BCUT2D eigenvalue weighted by atomic mass is 10.1. The summed E-state index contributed by atoms with van der Waals surface area (Å²) in [6, 6.07) is 14.5. The number of hydrogen-bond donors (Lipinski definition) is 0. The maximum absolute atomic E-state index is 13.1. The molecule has 0 saturated carbocycles. The molecule has 0 atom stereocenters. The van der Waals surface area contributed by atoms with Crippen LogP contribution in [0.15, 0.2) is 68.4 Å². The molecule has 0 bridgehead atoms. The largest absolute Gasteiger partial charge is 0.490 e. The van der Waals surface area contributed by atoms with E-state index in [4.69, 9.17) is 29.9 Å². The van der Waals surface area contributed by atoms with Crippen LogP contribution in [-0.4, -0.2) is 13.2 Å². The Kier molecular flexibility index (Phi) is 5.32. The summed E-state index contributed by atoms with van der Waals surface area (Å²) < 4.78 is 22.9. The zero-order chi connectivity index (χ0) is 20.4. The summed E-state index contributed by atoms with van der Waals surface area (Å²) in [6.07, 6.45) is 1.51. The zero-order valence-electron chi connectivity index (χ0n) is 16.0. The first-order chi connectivity index (χ1) is 14.0. The Morgan fingerprint density at radius 2 is 1.76 bits per heavy atom. The van der Waals surface area contributed by atoms with Crippen molar-refractivity contribution in [2.75, 3.05) is 13.2 Å². The van der Waals surface area contributed by atoms with Gasteiger partial charge in [-0.25, -0.2) is 0 Å². The van der Waals surface area contributed by atoms with Gasteiger partial charge < -0.3 is 18.3 Å². The van der Waals surface area contributed by atoms with E-state index in [1.54, 1.807) is 24.3 Å². The van der Waals surface area contributed by atoms with Crippen LogP contribution in [0.1, 0.15) is 11.1 Å². The summed E-state index contributed by atoms with van der Waals surface area (Å²) in [5, 5.41) is 0.842. The monoisotopic (exact) mass is 410 g/mol. The van der Waals surface area contributed by atoms with E-state index < -0.39 is 0 Å². The lowest BCUT2D eigenvalue weighted by Crippen LogP contribution is -2.15. The number of fused-ring (bicyclic) bond motifs is 1. The Labute approximate surface area is 172 Å². The number of furan rings is 1. The molecule has 0 amide bonds. The third-order valence-electron chi connectivity index (χ3n) is 4.49. The Balaban J connectivity index is 1.63. The van der Waals surface area contributed by atoms with E-state index in [0.717, 1.165) is 16.9 Å². The predicted octanol–water partition coefficient (Wildman–Crippen LogP) is 5.78. The van der Waals surface area contributed by atoms with Gasteiger partial charge in [0.15, 0.2) is 5.76 Å². The van der Waals surface area contributed by atoms with Crippen LogP contribution in [0, 0.1) is 13.8 Å². The van der Waals surface area contributed by atoms with Crippen LogP contribution < -0.4 is 14.9 Å². The number of ether oxygens (including phenoxy) is 2. The second-order valence-corrected chi connectivity index (χ2v) is 7.08. The summed E-state index contributed by atoms with van der Waals surface area (Å²) in [4.78, 5) is 13.1. The molecule has 148 valence electrons. The minimum atomic E-state index is -0.310. The van der Waals surface area contributed by atoms with Crippen molar-refractivity contribution in [2.24, 2.45) is 0 Å². The van der Waals surface area contributed by atoms with Gasteiger partial charge in [0.25, 0.3) is 0 Å². The van der Waals surface area contributed by atoms with Crippen molar-refractivity contribution in [3.8, 4) is 23.0 Å². The Morgan fingerprint density at radius 1 is 1.00 bits per heavy atom. The van der Waals surface area contributed by atoms with E-state index in [0.29, 0.717) is 21.8 Å². The van der Waals surface area contributed by atoms with Gasteiger partial charge in [0.05, 0.1) is 11.6 Å². The second-order valence-electron chi connectivity index (χ2n) is 6.67. The van der Waals surface area contributed by atoms with Gasteiger partial charge in [-0.3, -0.25) is 4.79 Å². The number of benzene rings is 2. The minimum Gasteiger partial charge on any atom is -0.490 e. The first-order valence-electron chi connectivity index (χ1n) is 9.16. The third-order valence-corrected chi connectivity index (χ3v) is 4.90. The van der Waals surface area contributed by atoms with Crippen LogP contribution in [0.3, 0.4) is 0 Å². The fourth-order valence-corrected chi connectivity index (χ4v) is 3.10. The Hall–Kier alpha value is -3.18. The van der Waals surface area contributed by atoms with Crippen molar-refractivity contribution in [1.29, 1.82) is 0 Å². The quantitative estimate of drug-likeness (QED) is 0.377. The van der Waals surface area contributed by atoms with Gasteiger partial charge in [0.2, 0.25) is 16.9 Å². The highest BCUT2D eigenvalue weighted by Gasteiger charge is 2.20. The number of hydrogen-bond acceptors (Lipinski definition) is 5. The summed E-state index contributed by atoms with van der Waals surface area (Å²) in [5.74, 6) is 1.45. The normalized spacial score (nSPS) is 11.0. The average molecular weight is 411 g/mol. The standard InChI is InChI=1S/C23H19ClO5/c1-14-5-7-16(8-6-14)26-10-11-28-23-21(25)17-13-18(24)15(2)12-20(17)29-22(23)19-4-3-9-27-19/h3-9,12-13H,10-11H2,1-2H3. The topological polar surface area (TPSA) is 61.8 Å². The van der Waals surface area contributed by atoms with E-state index in [9.17, 15) is 4.79 Å². The van der Waals surface area contributed by atoms with Gasteiger partial charge in [-0.1, -0.05) is 29.3 Å². The number of halogens is 1. The van der Waals surface area contributed by atoms with Crippen molar-refractivity contribution < 1.29 is 18.3 Å². The van der Waals surface area contributed by atoms with Crippen LogP contribution in [-0.2, 0) is 0 Å². The minimum absolute atomic E-state index is 0.0693. The molecule has 29 heavy (non-hydrogen) atoms. The van der Waals surface area contributed by atoms with Crippen molar-refractivity contribution >= 4 is 22.6 Å². The molecule has 0 aliphatic heterocycles. The fraction of sp³-hybridized carbons (Fsp3) is 0.174. The molecular formula is C23H19ClO5. The van der Waals surface area contributed by atoms with E-state index in [2.05, 4.69) is 0 Å². The molecule has 0 radical (unpaired) electrons. The van der Waals surface area contributed by atoms with Crippen LogP contribution in [0.4, 0.5) is 0 Å². The molecule has 0 fully saturated rings. The molecule has 4 rings (SSSR count). The molecule has 2 aromatic carbocycles. The molecule has 2 heterocycles. The number of aryl methyl sites for hydroxylation is 2. The zero-order valence-corrected chi connectivity index (χ0v) is 16.8. The molecule has 5 nitrogen and oxygen atoms in total. The molecule has 0 aliphatic rings. The van der Waals surface area contributed by atoms with Crippen LogP contribution in [0.25, 0.3) is 22.5 Å². The highest BCUT2D eigenvalue weighted by molar-refractivity contribution is 6.32. The highest BCUT2D eigenvalue weighted by Crippen LogP contribution is 2.33. The molecular weight excluding hydrogens is 392 g/mol. The van der Waals surface area contributed by atoms with Gasteiger partial charge in [-0.2, -0.15) is 0 Å². The van der Waals surface area contributed by atoms with Crippen LogP contribution in [0.2, 0.25) is 5.02 Å². The summed E-state index contributed by atoms with van der Waals surface area (Å²) >= 11 is 6.20. The van der Waals surface area contributed by atoms with E-state index in [1.807, 2.05) is 38.1 Å². The van der Waals surface area contributed by atoms with Gasteiger partial charge in [0, 0.05) is 5.02 Å². The summed E-state index contributed by atoms with van der Waals surface area (Å²) in [7, 11) is 0. The first-order valence-corrected chi connectivity index (χ1v) is 9.54. The number of rotatable bonds is 6. The van der Waals surface area contributed by atoms with Gasteiger partial charge in [-0.15, -0.1) is 0 Å². The van der Waals surface area contributed by atoms with Gasteiger partial charge in [-0.05, 0) is 55.8 Å². The lowest BCUT2D eigenvalue weighted by molar-refractivity contribution is 0.214. The molecule has 0 aliphatic carbocycles. The molecule has 2 aromatic heterocycles. The SMILES string of the molecule is Cc1ccc(OCCOc2c(-c3ccco3)oc3cc(C)c(Cl)cc3c2=O)cc1. The third kappa shape index (κ3) is 4.00. The molecule has 0 spiro atoms. The van der Waals surface area contributed by atoms with Crippen LogP contribution in [0.5, 0.6) is 11.5 Å². The van der Waals surface area contributed by atoms with Crippen molar-refractivity contribution in [3.63, 3.8) is 0 Å². The molecule has 0 N–H and O–H groups in total. The Morgan fingerprint density at radius 3 is 2.48 bits per heavy atom. The summed E-state index contributed by atoms with van der Waals surface area (Å²) in [6.45, 7) is 4.29. The maximum Gasteiger partial charge on any atom is 0.235 e. The maximum atomic E-state index is 13.1. The van der Waals surface area contributed by atoms with E-state index in [1.165, 1.54) is 6.26 Å². The van der Waals surface area contributed by atoms with Crippen molar-refractivity contribution in [2.45, 2.75) is 13.8 Å². The van der Waals surface area contributed by atoms with Crippen LogP contribution >= 0.6 is 11.6 Å². The molecule has 4 aromatic rings. The van der Waals surface area contributed by atoms with Crippen molar-refractivity contribution in [1.82, 2.24) is 0 Å².